The van der Waals surface area contributed by atoms with Crippen LogP contribution in [0.5, 0.6) is 0 Å². The Morgan fingerprint density at radius 3 is 1.26 bits per heavy atom. The van der Waals surface area contributed by atoms with Crippen LogP contribution in [-0.2, 0) is 14.2 Å². The van der Waals surface area contributed by atoms with Gasteiger partial charge in [0.25, 0.3) is 0 Å². The van der Waals surface area contributed by atoms with E-state index in [1.807, 2.05) is 19.9 Å². The number of hydrogen-bond donors (Lipinski definition) is 0. The zero-order chi connectivity index (χ0) is 30.8. The van der Waals surface area contributed by atoms with Crippen molar-refractivity contribution in [2.75, 3.05) is 19.8 Å². The summed E-state index contributed by atoms with van der Waals surface area (Å²) in [5, 5.41) is 0. The molecular weight excluding hydrogens is 523 g/mol. The van der Waals surface area contributed by atoms with Crippen LogP contribution in [0, 0.1) is 57.2 Å². The van der Waals surface area contributed by atoms with Crippen LogP contribution in [0.3, 0.4) is 0 Å². The van der Waals surface area contributed by atoms with Gasteiger partial charge in [-0.3, -0.25) is 0 Å². The Bertz CT molecular complexity index is 806. The van der Waals surface area contributed by atoms with Crippen molar-refractivity contribution in [2.45, 2.75) is 128 Å². The fraction of sp³-hybridized carbons (Fsp3) is 0.684. The number of aryl methyl sites for hydroxylation is 4. The Morgan fingerprint density at radius 1 is 0.524 bits per heavy atom. The molecule has 5 rings (SSSR count). The molecule has 2 aromatic rings. The molecule has 3 aliphatic rings. The zero-order valence-corrected chi connectivity index (χ0v) is 28.0. The van der Waals surface area contributed by atoms with Crippen LogP contribution in [0.4, 0.5) is 4.39 Å². The molecular formula is C38H65FO3. The van der Waals surface area contributed by atoms with Crippen molar-refractivity contribution in [2.24, 2.45) is 23.7 Å². The molecule has 1 aliphatic carbocycles. The minimum absolute atomic E-state index is 0. The van der Waals surface area contributed by atoms with Gasteiger partial charge in [0.2, 0.25) is 0 Å². The lowest BCUT2D eigenvalue weighted by atomic mass is 9.84. The molecule has 0 N–H and O–H groups in total. The van der Waals surface area contributed by atoms with Gasteiger partial charge in [-0.1, -0.05) is 108 Å². The van der Waals surface area contributed by atoms with E-state index < -0.39 is 0 Å². The number of halogens is 1. The van der Waals surface area contributed by atoms with Crippen LogP contribution in [-0.4, -0.2) is 32.2 Å². The summed E-state index contributed by atoms with van der Waals surface area (Å²) in [6.07, 6.45) is 9.03. The molecule has 0 amide bonds. The lowest BCUT2D eigenvalue weighted by Gasteiger charge is -2.24. The second-order valence-electron chi connectivity index (χ2n) is 12.9. The maximum Gasteiger partial charge on any atom is 0.154 e. The quantitative estimate of drug-likeness (QED) is 0.306. The van der Waals surface area contributed by atoms with Gasteiger partial charge in [-0.05, 0) is 89.3 Å². The van der Waals surface area contributed by atoms with E-state index in [-0.39, 0.29) is 19.5 Å². The Labute approximate surface area is 259 Å². The molecule has 2 aromatic carbocycles. The molecule has 2 saturated heterocycles. The van der Waals surface area contributed by atoms with Gasteiger partial charge in [-0.2, -0.15) is 0 Å². The largest absolute Gasteiger partial charge is 0.378 e. The van der Waals surface area contributed by atoms with Crippen molar-refractivity contribution in [1.29, 1.82) is 0 Å². The summed E-state index contributed by atoms with van der Waals surface area (Å²) in [5.41, 5.74) is 4.34. The molecule has 1 saturated carbocycles. The van der Waals surface area contributed by atoms with E-state index in [4.69, 9.17) is 14.2 Å². The highest BCUT2D eigenvalue weighted by molar-refractivity contribution is 5.21. The Kier molecular flexibility index (Phi) is 21.8. The minimum Gasteiger partial charge on any atom is -0.378 e. The van der Waals surface area contributed by atoms with E-state index in [2.05, 4.69) is 72.7 Å². The number of hydrogen-bond acceptors (Lipinski definition) is 3. The van der Waals surface area contributed by atoms with Crippen LogP contribution >= 0.6 is 0 Å². The Balaban J connectivity index is 0.000000498. The molecule has 0 bridgehead atoms. The molecule has 4 heteroatoms. The van der Waals surface area contributed by atoms with Gasteiger partial charge in [0.05, 0.1) is 19.3 Å². The number of rotatable bonds is 0. The van der Waals surface area contributed by atoms with Gasteiger partial charge in [-0.15, -0.1) is 0 Å². The average Bonchev–Trinajstić information content (AvgIpc) is 2.94. The van der Waals surface area contributed by atoms with Crippen LogP contribution in [0.25, 0.3) is 0 Å². The maximum atomic E-state index is 12.6. The van der Waals surface area contributed by atoms with Crippen LogP contribution < -0.4 is 0 Å². The molecule has 0 radical (unpaired) electrons. The Hall–Kier alpha value is -1.75. The summed E-state index contributed by atoms with van der Waals surface area (Å²) in [7, 11) is 0. The number of ether oxygens (including phenoxy) is 3. The van der Waals surface area contributed by atoms with Crippen LogP contribution in [0.1, 0.15) is 110 Å². The van der Waals surface area contributed by atoms with Gasteiger partial charge in [0.1, 0.15) is 5.82 Å². The molecule has 3 fully saturated rings. The SMILES string of the molecule is C.CC1CCC(C)CC1.CC1CCC(C)OC1.CC1COC(C)OC1.Cc1ccc(C)c(F)c1.Cc1ccc(C)cc1. The van der Waals surface area contributed by atoms with Crippen molar-refractivity contribution >= 4 is 0 Å². The second-order valence-corrected chi connectivity index (χ2v) is 12.9. The normalized spacial score (nSPS) is 26.5. The summed E-state index contributed by atoms with van der Waals surface area (Å²) in [4.78, 5) is 0. The minimum atomic E-state index is -0.116. The molecule has 42 heavy (non-hydrogen) atoms. The van der Waals surface area contributed by atoms with E-state index in [0.717, 1.165) is 43.1 Å². The van der Waals surface area contributed by atoms with Gasteiger partial charge >= 0.3 is 0 Å². The fourth-order valence-corrected chi connectivity index (χ4v) is 4.47. The molecule has 2 unspecified atom stereocenters. The van der Waals surface area contributed by atoms with Crippen molar-refractivity contribution in [3.8, 4) is 0 Å². The van der Waals surface area contributed by atoms with E-state index in [1.54, 1.807) is 13.0 Å². The third kappa shape index (κ3) is 20.2. The molecule has 0 spiro atoms. The first-order chi connectivity index (χ1) is 19.3. The molecule has 2 heterocycles. The highest BCUT2D eigenvalue weighted by Gasteiger charge is 2.14. The van der Waals surface area contributed by atoms with Crippen LogP contribution in [0.15, 0.2) is 42.5 Å². The monoisotopic (exact) mass is 588 g/mol. The summed E-state index contributed by atoms with van der Waals surface area (Å²) < 4.78 is 28.3. The van der Waals surface area contributed by atoms with Crippen molar-refractivity contribution in [1.82, 2.24) is 0 Å². The van der Waals surface area contributed by atoms with E-state index >= 15 is 0 Å². The van der Waals surface area contributed by atoms with Crippen molar-refractivity contribution in [3.63, 3.8) is 0 Å². The zero-order valence-electron chi connectivity index (χ0n) is 28.0. The first kappa shape index (κ1) is 40.2. The van der Waals surface area contributed by atoms with Gasteiger partial charge in [-0.25, -0.2) is 4.39 Å². The maximum absolute atomic E-state index is 12.6. The standard InChI is InChI=1S/C8H9F.C8H16.C8H10.C7H14O.C6H12O2.CH4/c1-6-3-4-7(2)8(9)5-6;2*1-7-3-5-8(2)6-4-7;1-6-3-4-7(2)8-5-6;1-5-3-7-6(2)8-4-5;/h3-5H,1-2H3;7-8H,3-6H2,1-2H3;3-6H,1-2H3;6-7H,3-5H2,1-2H3;5-6H,3-4H2,1-2H3;1H4. The lowest BCUT2D eigenvalue weighted by molar-refractivity contribution is -0.187. The predicted octanol–water partition coefficient (Wildman–Crippen LogP) is 11.1. The highest BCUT2D eigenvalue weighted by atomic mass is 19.1. The topological polar surface area (TPSA) is 27.7 Å². The molecule has 0 aromatic heterocycles. The summed E-state index contributed by atoms with van der Waals surface area (Å²) >= 11 is 0. The first-order valence-corrected chi connectivity index (χ1v) is 16.0. The van der Waals surface area contributed by atoms with E-state index in [9.17, 15) is 4.39 Å². The Morgan fingerprint density at radius 2 is 0.929 bits per heavy atom. The third-order valence-corrected chi connectivity index (χ3v) is 7.81. The van der Waals surface area contributed by atoms with E-state index in [1.165, 1.54) is 55.7 Å². The van der Waals surface area contributed by atoms with Gasteiger partial charge in [0, 0.05) is 12.5 Å². The molecule has 3 nitrogen and oxygen atoms in total. The predicted molar refractivity (Wildman–Crippen MR) is 180 cm³/mol. The first-order valence-electron chi connectivity index (χ1n) is 16.0. The summed E-state index contributed by atoms with van der Waals surface area (Å²) in [5.74, 6) is 3.30. The lowest BCUT2D eigenvalue weighted by Crippen LogP contribution is -2.27. The molecule has 2 aliphatic heterocycles. The van der Waals surface area contributed by atoms with Crippen LogP contribution in [0.2, 0.25) is 0 Å². The van der Waals surface area contributed by atoms with Crippen molar-refractivity contribution in [3.05, 3.63) is 70.5 Å². The molecule has 242 valence electrons. The molecule has 2 atom stereocenters. The second kappa shape index (κ2) is 22.7. The van der Waals surface area contributed by atoms with Gasteiger partial charge < -0.3 is 14.2 Å². The third-order valence-electron chi connectivity index (χ3n) is 7.81. The van der Waals surface area contributed by atoms with E-state index in [0.29, 0.717) is 17.6 Å². The number of benzene rings is 2. The smallest absolute Gasteiger partial charge is 0.154 e. The van der Waals surface area contributed by atoms with Gasteiger partial charge in [0.15, 0.2) is 6.29 Å². The fourth-order valence-electron chi connectivity index (χ4n) is 4.47. The summed E-state index contributed by atoms with van der Waals surface area (Å²) in [6, 6.07) is 13.7. The van der Waals surface area contributed by atoms with Crippen molar-refractivity contribution < 1.29 is 18.6 Å². The average molecular weight is 589 g/mol. The summed E-state index contributed by atoms with van der Waals surface area (Å²) in [6.45, 7) is 23.7. The highest BCUT2D eigenvalue weighted by Crippen LogP contribution is 2.27.